The van der Waals surface area contributed by atoms with Crippen molar-refractivity contribution in [3.63, 3.8) is 0 Å². The lowest BCUT2D eigenvalue weighted by atomic mass is 9.88. The number of aromatic nitrogens is 3. The van der Waals surface area contributed by atoms with E-state index < -0.39 is 0 Å². The fourth-order valence-electron chi connectivity index (χ4n) is 1.41. The Labute approximate surface area is 103 Å². The van der Waals surface area contributed by atoms with E-state index in [9.17, 15) is 0 Å². The minimum atomic E-state index is 0.253. The Kier molecular flexibility index (Phi) is 4.44. The van der Waals surface area contributed by atoms with Crippen molar-refractivity contribution in [2.45, 2.75) is 40.0 Å². The molecule has 0 spiro atoms. The summed E-state index contributed by atoms with van der Waals surface area (Å²) in [4.78, 5) is 3.96. The van der Waals surface area contributed by atoms with Gasteiger partial charge in [0.1, 0.15) is 0 Å². The first kappa shape index (κ1) is 13.4. The second kappa shape index (κ2) is 5.62. The molecule has 0 aromatic carbocycles. The second-order valence-corrected chi connectivity index (χ2v) is 5.18. The van der Waals surface area contributed by atoms with Gasteiger partial charge in [0.2, 0.25) is 0 Å². The lowest BCUT2D eigenvalue weighted by Gasteiger charge is -2.17. The van der Waals surface area contributed by atoms with Crippen molar-refractivity contribution in [2.75, 3.05) is 0 Å². The van der Waals surface area contributed by atoms with Gasteiger partial charge < -0.3 is 0 Å². The normalized spacial score (nSPS) is 10.6. The third-order valence-corrected chi connectivity index (χ3v) is 2.38. The van der Waals surface area contributed by atoms with E-state index in [-0.39, 0.29) is 5.41 Å². The van der Waals surface area contributed by atoms with Gasteiger partial charge in [0.15, 0.2) is 0 Å². The Morgan fingerprint density at radius 1 is 1.06 bits per heavy atom. The molecule has 2 aromatic rings. The van der Waals surface area contributed by atoms with Gasteiger partial charge in [-0.25, -0.2) is 0 Å². The van der Waals surface area contributed by atoms with Crippen LogP contribution in [0.25, 0.3) is 0 Å². The zero-order valence-corrected chi connectivity index (χ0v) is 11.3. The van der Waals surface area contributed by atoms with Crippen LogP contribution < -0.4 is 0 Å². The van der Waals surface area contributed by atoms with Gasteiger partial charge in [-0.3, -0.25) is 10.1 Å². The largest absolute Gasteiger partial charge is 0.283 e. The Bertz CT molecular complexity index is 421. The van der Waals surface area contributed by atoms with Crippen LogP contribution in [0, 0.1) is 13.8 Å². The van der Waals surface area contributed by atoms with E-state index in [2.05, 4.69) is 48.1 Å². The molecule has 3 nitrogen and oxygen atoms in total. The molecule has 0 bridgehead atoms. The molecule has 0 aliphatic heterocycles. The molecule has 0 radical (unpaired) electrons. The van der Waals surface area contributed by atoms with Crippen LogP contribution in [0.15, 0.2) is 30.6 Å². The summed E-state index contributed by atoms with van der Waals surface area (Å²) in [7, 11) is 0. The molecule has 1 N–H and O–H groups in total. The summed E-state index contributed by atoms with van der Waals surface area (Å²) in [6.45, 7) is 10.5. The molecule has 0 aliphatic rings. The molecule has 0 unspecified atom stereocenters. The number of pyridine rings is 1. The van der Waals surface area contributed by atoms with Crippen LogP contribution in [0.4, 0.5) is 0 Å². The molecule has 0 fully saturated rings. The van der Waals surface area contributed by atoms with Crippen molar-refractivity contribution in [3.05, 3.63) is 47.5 Å². The van der Waals surface area contributed by atoms with E-state index >= 15 is 0 Å². The van der Waals surface area contributed by atoms with Gasteiger partial charge in [-0.15, -0.1) is 0 Å². The molecule has 3 heteroatoms. The van der Waals surface area contributed by atoms with Crippen LogP contribution in [-0.4, -0.2) is 15.2 Å². The predicted molar refractivity (Wildman–Crippen MR) is 71.0 cm³/mol. The molecule has 2 rings (SSSR count). The zero-order valence-electron chi connectivity index (χ0n) is 11.3. The van der Waals surface area contributed by atoms with Crippen molar-refractivity contribution in [1.29, 1.82) is 0 Å². The predicted octanol–water partition coefficient (Wildman–Crippen LogP) is 3.41. The van der Waals surface area contributed by atoms with Gasteiger partial charge in [-0.05, 0) is 43.0 Å². The molecule has 0 aliphatic carbocycles. The van der Waals surface area contributed by atoms with Crippen molar-refractivity contribution in [3.8, 4) is 0 Å². The topological polar surface area (TPSA) is 41.6 Å². The number of aryl methyl sites for hydroxylation is 2. The number of rotatable bonds is 0. The second-order valence-electron chi connectivity index (χ2n) is 5.18. The molecule has 0 saturated heterocycles. The standard InChI is InChI=1S/C9H13N.C5H8N2/c1-9(2,3)8-4-6-10-7-5-8;1-4-3-5(2)7-6-4/h4-7H,1-3H3;3H,1-2H3,(H,6,7). The summed E-state index contributed by atoms with van der Waals surface area (Å²) in [6.07, 6.45) is 3.67. The van der Waals surface area contributed by atoms with Crippen molar-refractivity contribution in [1.82, 2.24) is 15.2 Å². The Morgan fingerprint density at radius 3 is 1.88 bits per heavy atom. The highest BCUT2D eigenvalue weighted by molar-refractivity contribution is 5.18. The van der Waals surface area contributed by atoms with Gasteiger partial charge in [0.05, 0.1) is 5.69 Å². The van der Waals surface area contributed by atoms with Crippen molar-refractivity contribution < 1.29 is 0 Å². The van der Waals surface area contributed by atoms with Gasteiger partial charge in [0.25, 0.3) is 0 Å². The van der Waals surface area contributed by atoms with E-state index in [0.29, 0.717) is 0 Å². The fraction of sp³-hybridized carbons (Fsp3) is 0.429. The molecule has 17 heavy (non-hydrogen) atoms. The SMILES string of the molecule is CC(C)(C)c1ccncc1.Cc1cc(C)[nH]n1. The fourth-order valence-corrected chi connectivity index (χ4v) is 1.41. The van der Waals surface area contributed by atoms with E-state index in [4.69, 9.17) is 0 Å². The monoisotopic (exact) mass is 231 g/mol. The summed E-state index contributed by atoms with van der Waals surface area (Å²) in [5.41, 5.74) is 3.76. The maximum Gasteiger partial charge on any atom is 0.0593 e. The van der Waals surface area contributed by atoms with Crippen molar-refractivity contribution >= 4 is 0 Å². The van der Waals surface area contributed by atoms with Crippen LogP contribution >= 0.6 is 0 Å². The molecule has 2 aromatic heterocycles. The molecule has 0 saturated carbocycles. The number of hydrogen-bond donors (Lipinski definition) is 1. The first-order chi connectivity index (χ1) is 7.89. The molecule has 0 amide bonds. The molecular weight excluding hydrogens is 210 g/mol. The summed E-state index contributed by atoms with van der Waals surface area (Å²) in [5, 5.41) is 6.71. The Morgan fingerprint density at radius 2 is 1.65 bits per heavy atom. The molecule has 0 atom stereocenters. The maximum atomic E-state index is 3.96. The van der Waals surface area contributed by atoms with E-state index in [1.54, 1.807) is 0 Å². The quantitative estimate of drug-likeness (QED) is 0.755. The van der Waals surface area contributed by atoms with Crippen LogP contribution in [0.3, 0.4) is 0 Å². The summed E-state index contributed by atoms with van der Waals surface area (Å²) in [6, 6.07) is 6.11. The first-order valence-corrected chi connectivity index (χ1v) is 5.78. The lowest BCUT2D eigenvalue weighted by molar-refractivity contribution is 0.589. The number of aromatic amines is 1. The number of nitrogens with zero attached hydrogens (tertiary/aromatic N) is 2. The van der Waals surface area contributed by atoms with Gasteiger partial charge in [-0.2, -0.15) is 5.10 Å². The van der Waals surface area contributed by atoms with Crippen LogP contribution in [0.2, 0.25) is 0 Å². The highest BCUT2D eigenvalue weighted by Crippen LogP contribution is 2.20. The minimum absolute atomic E-state index is 0.253. The number of hydrogen-bond acceptors (Lipinski definition) is 2. The van der Waals surface area contributed by atoms with E-state index in [0.717, 1.165) is 11.4 Å². The first-order valence-electron chi connectivity index (χ1n) is 5.78. The average molecular weight is 231 g/mol. The van der Waals surface area contributed by atoms with Crippen LogP contribution in [0.5, 0.6) is 0 Å². The Hall–Kier alpha value is -1.64. The summed E-state index contributed by atoms with van der Waals surface area (Å²) < 4.78 is 0. The van der Waals surface area contributed by atoms with Crippen molar-refractivity contribution in [2.24, 2.45) is 0 Å². The van der Waals surface area contributed by atoms with Gasteiger partial charge in [-0.1, -0.05) is 20.8 Å². The molecule has 92 valence electrons. The van der Waals surface area contributed by atoms with Gasteiger partial charge >= 0.3 is 0 Å². The number of nitrogens with one attached hydrogen (secondary N) is 1. The third kappa shape index (κ3) is 4.81. The highest BCUT2D eigenvalue weighted by atomic mass is 15.1. The highest BCUT2D eigenvalue weighted by Gasteiger charge is 2.11. The third-order valence-electron chi connectivity index (χ3n) is 2.38. The molecule has 2 heterocycles. The minimum Gasteiger partial charge on any atom is -0.283 e. The lowest BCUT2D eigenvalue weighted by Crippen LogP contribution is -2.10. The van der Waals surface area contributed by atoms with Crippen LogP contribution in [0.1, 0.15) is 37.7 Å². The van der Waals surface area contributed by atoms with Gasteiger partial charge in [0, 0.05) is 18.1 Å². The van der Waals surface area contributed by atoms with Crippen LogP contribution in [-0.2, 0) is 5.41 Å². The summed E-state index contributed by atoms with van der Waals surface area (Å²) >= 11 is 0. The number of H-pyrrole nitrogens is 1. The van der Waals surface area contributed by atoms with E-state index in [1.807, 2.05) is 32.3 Å². The average Bonchev–Trinajstić information content (AvgIpc) is 2.63. The van der Waals surface area contributed by atoms with E-state index in [1.165, 1.54) is 5.56 Å². The zero-order chi connectivity index (χ0) is 12.9. The summed E-state index contributed by atoms with van der Waals surface area (Å²) in [5.74, 6) is 0. The Balaban J connectivity index is 0.000000181. The smallest absolute Gasteiger partial charge is 0.0593 e. The maximum absolute atomic E-state index is 3.96. The molecular formula is C14H21N3.